The second kappa shape index (κ2) is 6.99. The maximum atomic E-state index is 8.81. The fourth-order valence-electron chi connectivity index (χ4n) is 1.21. The van der Waals surface area contributed by atoms with E-state index in [4.69, 9.17) is 16.7 Å². The number of pyridine rings is 1. The number of anilines is 1. The van der Waals surface area contributed by atoms with Gasteiger partial charge in [-0.3, -0.25) is 0 Å². The van der Waals surface area contributed by atoms with Crippen molar-refractivity contribution in [1.29, 1.82) is 0 Å². The van der Waals surface area contributed by atoms with E-state index in [0.29, 0.717) is 10.3 Å². The molecule has 0 bridgehead atoms. The zero-order valence-corrected chi connectivity index (χ0v) is 11.1. The third-order valence-corrected chi connectivity index (χ3v) is 3.80. The Morgan fingerprint density at radius 3 is 2.94 bits per heavy atom. The summed E-state index contributed by atoms with van der Waals surface area (Å²) in [5.41, 5.74) is 0.892. The Morgan fingerprint density at radius 2 is 2.31 bits per heavy atom. The standard InChI is InChI=1S/C11H17ClN2OS/c1-8(5-6-15)16-7-10-9(12)3-4-11(13-2)14-10/h3-4,8,15H,5-7H2,1-2H3,(H,13,14). The van der Waals surface area contributed by atoms with Crippen LogP contribution in [-0.4, -0.2) is 29.0 Å². The van der Waals surface area contributed by atoms with E-state index in [1.54, 1.807) is 11.8 Å². The van der Waals surface area contributed by atoms with Crippen LogP contribution in [0.1, 0.15) is 19.0 Å². The number of aliphatic hydroxyl groups is 1. The van der Waals surface area contributed by atoms with Crippen molar-refractivity contribution in [1.82, 2.24) is 4.98 Å². The van der Waals surface area contributed by atoms with E-state index in [2.05, 4.69) is 17.2 Å². The van der Waals surface area contributed by atoms with Gasteiger partial charge in [0.05, 0.1) is 10.7 Å². The number of aromatic nitrogens is 1. The molecular formula is C11H17ClN2OS. The number of nitrogens with zero attached hydrogens (tertiary/aromatic N) is 1. The molecule has 16 heavy (non-hydrogen) atoms. The molecule has 0 amide bonds. The lowest BCUT2D eigenvalue weighted by Crippen LogP contribution is -2.02. The predicted molar refractivity (Wildman–Crippen MR) is 71.3 cm³/mol. The third kappa shape index (κ3) is 4.20. The molecule has 1 heterocycles. The monoisotopic (exact) mass is 260 g/mol. The van der Waals surface area contributed by atoms with Crippen molar-refractivity contribution in [3.05, 3.63) is 22.8 Å². The molecule has 0 radical (unpaired) electrons. The van der Waals surface area contributed by atoms with Gasteiger partial charge in [0.25, 0.3) is 0 Å². The molecule has 2 N–H and O–H groups in total. The van der Waals surface area contributed by atoms with Crippen molar-refractivity contribution in [2.75, 3.05) is 19.0 Å². The van der Waals surface area contributed by atoms with Gasteiger partial charge in [-0.15, -0.1) is 0 Å². The fraction of sp³-hybridized carbons (Fsp3) is 0.545. The molecule has 0 saturated heterocycles. The van der Waals surface area contributed by atoms with Crippen LogP contribution in [0, 0.1) is 0 Å². The molecule has 0 aliphatic heterocycles. The first-order chi connectivity index (χ1) is 7.67. The van der Waals surface area contributed by atoms with Gasteiger partial charge in [-0.1, -0.05) is 18.5 Å². The van der Waals surface area contributed by atoms with Gasteiger partial charge in [-0.25, -0.2) is 4.98 Å². The molecule has 1 aromatic heterocycles. The van der Waals surface area contributed by atoms with Gasteiger partial charge >= 0.3 is 0 Å². The van der Waals surface area contributed by atoms with Crippen LogP contribution in [0.5, 0.6) is 0 Å². The normalized spacial score (nSPS) is 12.5. The third-order valence-electron chi connectivity index (χ3n) is 2.21. The first kappa shape index (κ1) is 13.6. The van der Waals surface area contributed by atoms with Gasteiger partial charge in [0, 0.05) is 24.7 Å². The SMILES string of the molecule is CNc1ccc(Cl)c(CSC(C)CCO)n1. The average Bonchev–Trinajstić information content (AvgIpc) is 2.28. The molecule has 0 aromatic carbocycles. The van der Waals surface area contributed by atoms with Crippen molar-refractivity contribution in [3.8, 4) is 0 Å². The van der Waals surface area contributed by atoms with E-state index in [1.807, 2.05) is 19.2 Å². The first-order valence-electron chi connectivity index (χ1n) is 5.23. The van der Waals surface area contributed by atoms with Crippen LogP contribution in [-0.2, 0) is 5.75 Å². The van der Waals surface area contributed by atoms with E-state index < -0.39 is 0 Å². The van der Waals surface area contributed by atoms with Crippen molar-refractivity contribution >= 4 is 29.2 Å². The molecular weight excluding hydrogens is 244 g/mol. The maximum absolute atomic E-state index is 8.81. The lowest BCUT2D eigenvalue weighted by atomic mass is 10.3. The molecule has 90 valence electrons. The second-order valence-electron chi connectivity index (χ2n) is 3.51. The van der Waals surface area contributed by atoms with Crippen molar-refractivity contribution in [2.24, 2.45) is 0 Å². The minimum absolute atomic E-state index is 0.228. The van der Waals surface area contributed by atoms with Crippen LogP contribution in [0.25, 0.3) is 0 Å². The summed E-state index contributed by atoms with van der Waals surface area (Å²) in [6.07, 6.45) is 0.800. The predicted octanol–water partition coefficient (Wildman–Crippen LogP) is 2.78. The van der Waals surface area contributed by atoms with E-state index in [-0.39, 0.29) is 6.61 Å². The lowest BCUT2D eigenvalue weighted by molar-refractivity contribution is 0.289. The van der Waals surface area contributed by atoms with Gasteiger partial charge in [0.1, 0.15) is 5.82 Å². The maximum Gasteiger partial charge on any atom is 0.126 e. The molecule has 0 spiro atoms. The van der Waals surface area contributed by atoms with E-state index in [0.717, 1.165) is 23.7 Å². The molecule has 0 fully saturated rings. The molecule has 1 rings (SSSR count). The van der Waals surface area contributed by atoms with Gasteiger partial charge < -0.3 is 10.4 Å². The Labute approximate surface area is 106 Å². The van der Waals surface area contributed by atoms with Crippen LogP contribution in [0.3, 0.4) is 0 Å². The summed E-state index contributed by atoms with van der Waals surface area (Å²) in [6, 6.07) is 3.71. The summed E-state index contributed by atoms with van der Waals surface area (Å²) in [5.74, 6) is 1.60. The molecule has 1 atom stereocenters. The number of rotatable bonds is 6. The Kier molecular flexibility index (Phi) is 5.95. The molecule has 0 aliphatic carbocycles. The van der Waals surface area contributed by atoms with Crippen LogP contribution in [0.15, 0.2) is 12.1 Å². The quantitative estimate of drug-likeness (QED) is 0.826. The topological polar surface area (TPSA) is 45.1 Å². The van der Waals surface area contributed by atoms with Crippen LogP contribution in [0.2, 0.25) is 5.02 Å². The minimum Gasteiger partial charge on any atom is -0.396 e. The summed E-state index contributed by atoms with van der Waals surface area (Å²) in [5, 5.41) is 12.9. The average molecular weight is 261 g/mol. The van der Waals surface area contributed by atoms with E-state index in [1.165, 1.54) is 0 Å². The van der Waals surface area contributed by atoms with Gasteiger partial charge in [-0.05, 0) is 18.6 Å². The van der Waals surface area contributed by atoms with Crippen molar-refractivity contribution < 1.29 is 5.11 Å². The number of halogens is 1. The highest BCUT2D eigenvalue weighted by Crippen LogP contribution is 2.24. The van der Waals surface area contributed by atoms with E-state index in [9.17, 15) is 0 Å². The summed E-state index contributed by atoms with van der Waals surface area (Å²) < 4.78 is 0. The number of thioether (sulfide) groups is 1. The molecule has 5 heteroatoms. The fourth-order valence-corrected chi connectivity index (χ4v) is 2.40. The molecule has 1 aromatic rings. The number of hydrogen-bond acceptors (Lipinski definition) is 4. The Hall–Kier alpha value is -0.450. The van der Waals surface area contributed by atoms with E-state index >= 15 is 0 Å². The summed E-state index contributed by atoms with van der Waals surface area (Å²) in [4.78, 5) is 4.40. The molecule has 0 saturated carbocycles. The Bertz CT molecular complexity index is 336. The molecule has 1 unspecified atom stereocenters. The Morgan fingerprint density at radius 1 is 1.56 bits per heavy atom. The van der Waals surface area contributed by atoms with Crippen LogP contribution >= 0.6 is 23.4 Å². The first-order valence-corrected chi connectivity index (χ1v) is 6.65. The molecule has 3 nitrogen and oxygen atoms in total. The molecule has 0 aliphatic rings. The number of hydrogen-bond donors (Lipinski definition) is 2. The zero-order valence-electron chi connectivity index (χ0n) is 9.53. The summed E-state index contributed by atoms with van der Waals surface area (Å²) >= 11 is 7.81. The van der Waals surface area contributed by atoms with Gasteiger partial charge in [0.2, 0.25) is 0 Å². The van der Waals surface area contributed by atoms with Gasteiger partial charge in [-0.2, -0.15) is 11.8 Å². The highest BCUT2D eigenvalue weighted by Gasteiger charge is 2.07. The zero-order chi connectivity index (χ0) is 12.0. The highest BCUT2D eigenvalue weighted by atomic mass is 35.5. The lowest BCUT2D eigenvalue weighted by Gasteiger charge is -2.10. The minimum atomic E-state index is 0.228. The van der Waals surface area contributed by atoms with Crippen molar-refractivity contribution in [2.45, 2.75) is 24.3 Å². The number of aliphatic hydroxyl groups excluding tert-OH is 1. The summed E-state index contributed by atoms with van der Waals surface area (Å²) in [7, 11) is 1.83. The Balaban J connectivity index is 2.58. The largest absolute Gasteiger partial charge is 0.396 e. The van der Waals surface area contributed by atoms with Gasteiger partial charge in [0.15, 0.2) is 0 Å². The van der Waals surface area contributed by atoms with Crippen LogP contribution < -0.4 is 5.32 Å². The van der Waals surface area contributed by atoms with Crippen LogP contribution in [0.4, 0.5) is 5.82 Å². The number of nitrogens with one attached hydrogen (secondary N) is 1. The highest BCUT2D eigenvalue weighted by molar-refractivity contribution is 7.99. The smallest absolute Gasteiger partial charge is 0.126 e. The second-order valence-corrected chi connectivity index (χ2v) is 5.34. The summed E-state index contributed by atoms with van der Waals surface area (Å²) in [6.45, 7) is 2.32. The van der Waals surface area contributed by atoms with Crippen molar-refractivity contribution in [3.63, 3.8) is 0 Å².